The van der Waals surface area contributed by atoms with Gasteiger partial charge in [-0.3, -0.25) is 4.79 Å². The van der Waals surface area contributed by atoms with Gasteiger partial charge in [0.2, 0.25) is 5.91 Å². The maximum Gasteiger partial charge on any atom is 0.237 e. The molecule has 2 aliphatic rings. The van der Waals surface area contributed by atoms with Crippen molar-refractivity contribution in [2.75, 3.05) is 13.7 Å². The van der Waals surface area contributed by atoms with E-state index >= 15 is 0 Å². The maximum atomic E-state index is 11.8. The first kappa shape index (κ1) is 10.9. The zero-order valence-corrected chi connectivity index (χ0v) is 9.29. The molecule has 1 heterocycles. The van der Waals surface area contributed by atoms with E-state index in [0.717, 1.165) is 38.6 Å². The van der Waals surface area contributed by atoms with Crippen molar-refractivity contribution in [2.24, 2.45) is 0 Å². The number of rotatable bonds is 3. The number of carbonyl (C=O) groups excluding carboxylic acids is 1. The van der Waals surface area contributed by atoms with Gasteiger partial charge in [-0.25, -0.2) is 0 Å². The smallest absolute Gasteiger partial charge is 0.237 e. The summed E-state index contributed by atoms with van der Waals surface area (Å²) in [7, 11) is 1.74. The van der Waals surface area contributed by atoms with E-state index in [1.54, 1.807) is 7.11 Å². The SMILES string of the molecule is COC1CCC(NC(=O)[C@@H]2CCCN2)C1. The lowest BCUT2D eigenvalue weighted by Gasteiger charge is -2.16. The van der Waals surface area contributed by atoms with Crippen LogP contribution in [0.25, 0.3) is 0 Å². The van der Waals surface area contributed by atoms with Crippen LogP contribution < -0.4 is 10.6 Å². The number of nitrogens with one attached hydrogen (secondary N) is 2. The van der Waals surface area contributed by atoms with E-state index < -0.39 is 0 Å². The fourth-order valence-corrected chi connectivity index (χ4v) is 2.50. The molecule has 3 atom stereocenters. The van der Waals surface area contributed by atoms with Crippen molar-refractivity contribution in [2.45, 2.75) is 50.3 Å². The van der Waals surface area contributed by atoms with Crippen molar-refractivity contribution >= 4 is 5.91 Å². The average molecular weight is 212 g/mol. The normalized spacial score (nSPS) is 35.7. The van der Waals surface area contributed by atoms with Crippen LogP contribution in [0.2, 0.25) is 0 Å². The van der Waals surface area contributed by atoms with Crippen LogP contribution in [-0.4, -0.2) is 37.7 Å². The van der Waals surface area contributed by atoms with Gasteiger partial charge in [-0.1, -0.05) is 0 Å². The summed E-state index contributed by atoms with van der Waals surface area (Å²) in [5, 5.41) is 6.32. The summed E-state index contributed by atoms with van der Waals surface area (Å²) in [6.07, 6.45) is 5.52. The van der Waals surface area contributed by atoms with E-state index in [-0.39, 0.29) is 11.9 Å². The Balaban J connectivity index is 1.74. The predicted molar refractivity (Wildman–Crippen MR) is 57.6 cm³/mol. The third-order valence-corrected chi connectivity index (χ3v) is 3.44. The summed E-state index contributed by atoms with van der Waals surface area (Å²) in [6, 6.07) is 0.372. The van der Waals surface area contributed by atoms with E-state index in [2.05, 4.69) is 10.6 Å². The Morgan fingerprint density at radius 2 is 2.27 bits per heavy atom. The summed E-state index contributed by atoms with van der Waals surface area (Å²) in [5.41, 5.74) is 0. The second kappa shape index (κ2) is 4.94. The van der Waals surface area contributed by atoms with Crippen molar-refractivity contribution in [3.05, 3.63) is 0 Å². The molecule has 0 aromatic rings. The maximum absolute atomic E-state index is 11.8. The van der Waals surface area contributed by atoms with Gasteiger partial charge in [-0.15, -0.1) is 0 Å². The Hall–Kier alpha value is -0.610. The first-order chi connectivity index (χ1) is 7.29. The quantitative estimate of drug-likeness (QED) is 0.713. The van der Waals surface area contributed by atoms with Gasteiger partial charge >= 0.3 is 0 Å². The second-order valence-electron chi connectivity index (χ2n) is 4.53. The minimum absolute atomic E-state index is 0.0478. The highest BCUT2D eigenvalue weighted by Gasteiger charge is 2.29. The van der Waals surface area contributed by atoms with Crippen LogP contribution in [0.4, 0.5) is 0 Å². The van der Waals surface area contributed by atoms with Crippen molar-refractivity contribution in [3.63, 3.8) is 0 Å². The van der Waals surface area contributed by atoms with Gasteiger partial charge in [0, 0.05) is 13.2 Å². The lowest BCUT2D eigenvalue weighted by atomic mass is 10.2. The van der Waals surface area contributed by atoms with Gasteiger partial charge < -0.3 is 15.4 Å². The van der Waals surface area contributed by atoms with Crippen LogP contribution in [-0.2, 0) is 9.53 Å². The number of amides is 1. The first-order valence-corrected chi connectivity index (χ1v) is 5.86. The van der Waals surface area contributed by atoms with Crippen molar-refractivity contribution < 1.29 is 9.53 Å². The molecule has 2 rings (SSSR count). The number of ether oxygens (including phenoxy) is 1. The Morgan fingerprint density at radius 1 is 1.40 bits per heavy atom. The molecule has 0 aromatic carbocycles. The van der Waals surface area contributed by atoms with E-state index in [4.69, 9.17) is 4.74 Å². The second-order valence-corrected chi connectivity index (χ2v) is 4.53. The average Bonchev–Trinajstić information content (AvgIpc) is 2.87. The van der Waals surface area contributed by atoms with E-state index in [1.807, 2.05) is 0 Å². The molecule has 1 saturated carbocycles. The molecule has 2 N–H and O–H groups in total. The standard InChI is InChI=1S/C11H20N2O2/c1-15-9-5-4-8(7-9)13-11(14)10-3-2-6-12-10/h8-10,12H,2-7H2,1H3,(H,13,14)/t8?,9?,10-/m0/s1. The highest BCUT2D eigenvalue weighted by atomic mass is 16.5. The molecule has 1 aliphatic carbocycles. The molecule has 2 unspecified atom stereocenters. The van der Waals surface area contributed by atoms with Gasteiger partial charge in [0.05, 0.1) is 12.1 Å². The zero-order valence-electron chi connectivity index (χ0n) is 9.29. The molecule has 86 valence electrons. The zero-order chi connectivity index (χ0) is 10.7. The Kier molecular flexibility index (Phi) is 3.59. The first-order valence-electron chi connectivity index (χ1n) is 5.86. The largest absolute Gasteiger partial charge is 0.381 e. The topological polar surface area (TPSA) is 50.4 Å². The monoisotopic (exact) mass is 212 g/mol. The Labute approximate surface area is 90.8 Å². The molecule has 4 nitrogen and oxygen atoms in total. The molecular formula is C11H20N2O2. The third-order valence-electron chi connectivity index (χ3n) is 3.44. The van der Waals surface area contributed by atoms with Gasteiger partial charge in [0.25, 0.3) is 0 Å². The molecule has 1 amide bonds. The van der Waals surface area contributed by atoms with Gasteiger partial charge in [0.1, 0.15) is 0 Å². The van der Waals surface area contributed by atoms with E-state index in [1.165, 1.54) is 0 Å². The molecule has 1 aliphatic heterocycles. The van der Waals surface area contributed by atoms with E-state index in [0.29, 0.717) is 12.1 Å². The van der Waals surface area contributed by atoms with Crippen LogP contribution in [0.15, 0.2) is 0 Å². The summed E-state index contributed by atoms with van der Waals surface area (Å²) in [5.74, 6) is 0.175. The van der Waals surface area contributed by atoms with Gasteiger partial charge in [-0.05, 0) is 38.6 Å². The lowest BCUT2D eigenvalue weighted by Crippen LogP contribution is -2.44. The van der Waals surface area contributed by atoms with Crippen molar-refractivity contribution in [3.8, 4) is 0 Å². The van der Waals surface area contributed by atoms with Crippen LogP contribution >= 0.6 is 0 Å². The molecule has 2 fully saturated rings. The minimum Gasteiger partial charge on any atom is -0.381 e. The Bertz CT molecular complexity index is 227. The summed E-state index contributed by atoms with van der Waals surface area (Å²) >= 11 is 0. The lowest BCUT2D eigenvalue weighted by molar-refractivity contribution is -0.123. The highest BCUT2D eigenvalue weighted by molar-refractivity contribution is 5.82. The van der Waals surface area contributed by atoms with Gasteiger partial charge in [-0.2, -0.15) is 0 Å². The predicted octanol–water partition coefficient (Wildman–Crippen LogP) is 0.422. The number of hydrogen-bond acceptors (Lipinski definition) is 3. The summed E-state index contributed by atoms with van der Waals surface area (Å²) in [6.45, 7) is 0.976. The van der Waals surface area contributed by atoms with Crippen LogP contribution in [0.5, 0.6) is 0 Å². The fourth-order valence-electron chi connectivity index (χ4n) is 2.50. The molecule has 0 spiro atoms. The molecule has 0 radical (unpaired) electrons. The fraction of sp³-hybridized carbons (Fsp3) is 0.909. The minimum atomic E-state index is 0.0478. The number of carbonyl (C=O) groups is 1. The molecule has 0 bridgehead atoms. The molecule has 15 heavy (non-hydrogen) atoms. The molecule has 1 saturated heterocycles. The van der Waals surface area contributed by atoms with E-state index in [9.17, 15) is 4.79 Å². The van der Waals surface area contributed by atoms with Crippen LogP contribution in [0.1, 0.15) is 32.1 Å². The van der Waals surface area contributed by atoms with Crippen molar-refractivity contribution in [1.82, 2.24) is 10.6 Å². The van der Waals surface area contributed by atoms with Crippen LogP contribution in [0, 0.1) is 0 Å². The molecular weight excluding hydrogens is 192 g/mol. The highest BCUT2D eigenvalue weighted by Crippen LogP contribution is 2.21. The summed E-state index contributed by atoms with van der Waals surface area (Å²) < 4.78 is 5.28. The molecule has 4 heteroatoms. The summed E-state index contributed by atoms with van der Waals surface area (Å²) in [4.78, 5) is 11.8. The number of methoxy groups -OCH3 is 1. The van der Waals surface area contributed by atoms with Gasteiger partial charge in [0.15, 0.2) is 0 Å². The van der Waals surface area contributed by atoms with Crippen LogP contribution in [0.3, 0.4) is 0 Å². The third kappa shape index (κ3) is 2.69. The number of hydrogen-bond donors (Lipinski definition) is 2. The Morgan fingerprint density at radius 3 is 2.87 bits per heavy atom. The van der Waals surface area contributed by atoms with Crippen molar-refractivity contribution in [1.29, 1.82) is 0 Å². The molecule has 0 aromatic heterocycles.